The van der Waals surface area contributed by atoms with Gasteiger partial charge in [0.05, 0.1) is 13.2 Å². The van der Waals surface area contributed by atoms with Gasteiger partial charge in [-0.15, -0.1) is 0 Å². The van der Waals surface area contributed by atoms with E-state index in [1.807, 2.05) is 13.8 Å². The summed E-state index contributed by atoms with van der Waals surface area (Å²) < 4.78 is 4.89. The first-order chi connectivity index (χ1) is 8.22. The summed E-state index contributed by atoms with van der Waals surface area (Å²) in [6.45, 7) is 5.24. The second kappa shape index (κ2) is 7.17. The SMILES string of the molecule is COCCN(C(=O)NCC(C)(O)C(=O)O)C(C)C. The van der Waals surface area contributed by atoms with Crippen molar-refractivity contribution in [2.24, 2.45) is 0 Å². The smallest absolute Gasteiger partial charge is 0.337 e. The van der Waals surface area contributed by atoms with E-state index in [9.17, 15) is 14.7 Å². The fraction of sp³-hybridized carbons (Fsp3) is 0.818. The predicted molar refractivity (Wildman–Crippen MR) is 65.4 cm³/mol. The molecule has 0 aromatic carbocycles. The minimum absolute atomic E-state index is 0.0464. The van der Waals surface area contributed by atoms with Crippen molar-refractivity contribution in [3.63, 3.8) is 0 Å². The van der Waals surface area contributed by atoms with Gasteiger partial charge in [0.25, 0.3) is 0 Å². The average Bonchev–Trinajstić information content (AvgIpc) is 2.26. The third kappa shape index (κ3) is 5.33. The zero-order valence-corrected chi connectivity index (χ0v) is 11.3. The van der Waals surface area contributed by atoms with Crippen LogP contribution < -0.4 is 5.32 Å². The summed E-state index contributed by atoms with van der Waals surface area (Å²) in [5.41, 5.74) is -1.97. The van der Waals surface area contributed by atoms with Crippen molar-refractivity contribution < 1.29 is 24.5 Å². The fourth-order valence-electron chi connectivity index (χ4n) is 1.21. The van der Waals surface area contributed by atoms with Gasteiger partial charge < -0.3 is 25.2 Å². The number of carbonyl (C=O) groups excluding carboxylic acids is 1. The summed E-state index contributed by atoms with van der Waals surface area (Å²) in [5, 5.41) is 20.6. The van der Waals surface area contributed by atoms with E-state index in [0.717, 1.165) is 6.92 Å². The van der Waals surface area contributed by atoms with E-state index in [1.165, 1.54) is 12.0 Å². The number of carbonyl (C=O) groups is 2. The Morgan fingerprint density at radius 3 is 2.39 bits per heavy atom. The Hall–Kier alpha value is -1.34. The van der Waals surface area contributed by atoms with Crippen LogP contribution in [0.1, 0.15) is 20.8 Å². The standard InChI is InChI=1S/C11H22N2O5/c1-8(2)13(5-6-18-4)10(16)12-7-11(3,17)9(14)15/h8,17H,5-7H2,1-4H3,(H,12,16)(H,14,15). The highest BCUT2D eigenvalue weighted by molar-refractivity contribution is 5.79. The first-order valence-corrected chi connectivity index (χ1v) is 5.71. The molecule has 0 saturated carbocycles. The number of hydrogen-bond donors (Lipinski definition) is 3. The largest absolute Gasteiger partial charge is 0.479 e. The molecule has 0 heterocycles. The third-order valence-electron chi connectivity index (χ3n) is 2.47. The Kier molecular flexibility index (Phi) is 6.64. The number of methoxy groups -OCH3 is 1. The monoisotopic (exact) mass is 262 g/mol. The number of carboxylic acid groups (broad SMARTS) is 1. The average molecular weight is 262 g/mol. The zero-order chi connectivity index (χ0) is 14.3. The summed E-state index contributed by atoms with van der Waals surface area (Å²) in [5.74, 6) is -1.38. The lowest BCUT2D eigenvalue weighted by molar-refractivity contribution is -0.155. The number of aliphatic hydroxyl groups is 1. The normalized spacial score (nSPS) is 14.1. The van der Waals surface area contributed by atoms with Crippen LogP contribution in [0.25, 0.3) is 0 Å². The maximum absolute atomic E-state index is 11.8. The maximum atomic E-state index is 11.8. The molecule has 3 N–H and O–H groups in total. The van der Waals surface area contributed by atoms with Crippen molar-refractivity contribution in [1.82, 2.24) is 10.2 Å². The number of rotatable bonds is 7. The van der Waals surface area contributed by atoms with Crippen LogP contribution in [0.15, 0.2) is 0 Å². The molecule has 2 amide bonds. The zero-order valence-electron chi connectivity index (χ0n) is 11.3. The minimum atomic E-state index is -1.97. The van der Waals surface area contributed by atoms with Gasteiger partial charge in [-0.1, -0.05) is 0 Å². The Morgan fingerprint density at radius 1 is 1.44 bits per heavy atom. The second-order valence-electron chi connectivity index (χ2n) is 4.52. The van der Waals surface area contributed by atoms with Gasteiger partial charge in [-0.2, -0.15) is 0 Å². The van der Waals surface area contributed by atoms with E-state index >= 15 is 0 Å². The van der Waals surface area contributed by atoms with Crippen LogP contribution in [0.2, 0.25) is 0 Å². The van der Waals surface area contributed by atoms with Gasteiger partial charge in [-0.3, -0.25) is 0 Å². The van der Waals surface area contributed by atoms with E-state index in [0.29, 0.717) is 13.2 Å². The van der Waals surface area contributed by atoms with Crippen LogP contribution in [-0.2, 0) is 9.53 Å². The van der Waals surface area contributed by atoms with E-state index in [2.05, 4.69) is 5.32 Å². The van der Waals surface area contributed by atoms with Gasteiger partial charge in [-0.25, -0.2) is 9.59 Å². The highest BCUT2D eigenvalue weighted by Crippen LogP contribution is 2.03. The minimum Gasteiger partial charge on any atom is -0.479 e. The van der Waals surface area contributed by atoms with Crippen molar-refractivity contribution >= 4 is 12.0 Å². The van der Waals surface area contributed by atoms with E-state index < -0.39 is 17.6 Å². The summed E-state index contributed by atoms with van der Waals surface area (Å²) in [7, 11) is 1.53. The van der Waals surface area contributed by atoms with Crippen molar-refractivity contribution in [1.29, 1.82) is 0 Å². The lowest BCUT2D eigenvalue weighted by Crippen LogP contribution is -2.52. The van der Waals surface area contributed by atoms with Crippen LogP contribution in [0.3, 0.4) is 0 Å². The Morgan fingerprint density at radius 2 is 2.00 bits per heavy atom. The van der Waals surface area contributed by atoms with Crippen LogP contribution in [0.5, 0.6) is 0 Å². The molecular weight excluding hydrogens is 240 g/mol. The van der Waals surface area contributed by atoms with E-state index in [4.69, 9.17) is 9.84 Å². The molecule has 0 spiro atoms. The molecule has 1 unspecified atom stereocenters. The number of nitrogens with one attached hydrogen (secondary N) is 1. The van der Waals surface area contributed by atoms with E-state index in [-0.39, 0.29) is 12.6 Å². The molecule has 0 aliphatic rings. The van der Waals surface area contributed by atoms with Gasteiger partial charge in [0, 0.05) is 19.7 Å². The number of carboxylic acids is 1. The number of nitrogens with zero attached hydrogens (tertiary/aromatic N) is 1. The van der Waals surface area contributed by atoms with Crippen LogP contribution >= 0.6 is 0 Å². The molecule has 0 saturated heterocycles. The predicted octanol–water partition coefficient (Wildman–Crippen LogP) is -0.112. The molecule has 0 fully saturated rings. The summed E-state index contributed by atoms with van der Waals surface area (Å²) >= 11 is 0. The molecule has 1 atom stereocenters. The second-order valence-corrected chi connectivity index (χ2v) is 4.52. The molecule has 0 aromatic rings. The molecule has 0 bridgehead atoms. The molecule has 0 aliphatic heterocycles. The van der Waals surface area contributed by atoms with Gasteiger partial charge in [0.15, 0.2) is 5.60 Å². The van der Waals surface area contributed by atoms with Gasteiger partial charge in [-0.05, 0) is 20.8 Å². The number of urea groups is 1. The number of ether oxygens (including phenoxy) is 1. The highest BCUT2D eigenvalue weighted by atomic mass is 16.5. The lowest BCUT2D eigenvalue weighted by Gasteiger charge is -2.28. The van der Waals surface area contributed by atoms with Crippen molar-refractivity contribution in [3.8, 4) is 0 Å². The van der Waals surface area contributed by atoms with E-state index in [1.54, 1.807) is 0 Å². The topological polar surface area (TPSA) is 99.1 Å². The molecular formula is C11H22N2O5. The number of amides is 2. The molecule has 0 rings (SSSR count). The van der Waals surface area contributed by atoms with Crippen molar-refractivity contribution in [2.45, 2.75) is 32.4 Å². The molecule has 0 aromatic heterocycles. The van der Waals surface area contributed by atoms with Crippen LogP contribution in [0, 0.1) is 0 Å². The van der Waals surface area contributed by atoms with Crippen LogP contribution in [-0.4, -0.2) is 65.6 Å². The van der Waals surface area contributed by atoms with Crippen LogP contribution in [0.4, 0.5) is 4.79 Å². The quantitative estimate of drug-likeness (QED) is 0.594. The summed E-state index contributed by atoms with van der Waals surface area (Å²) in [6.07, 6.45) is 0. The molecule has 0 radical (unpaired) electrons. The Bertz CT molecular complexity index is 291. The fourth-order valence-corrected chi connectivity index (χ4v) is 1.21. The van der Waals surface area contributed by atoms with Gasteiger partial charge >= 0.3 is 12.0 Å². The number of hydrogen-bond acceptors (Lipinski definition) is 4. The molecule has 7 nitrogen and oxygen atoms in total. The summed E-state index contributed by atoms with van der Waals surface area (Å²) in [4.78, 5) is 24.0. The lowest BCUT2D eigenvalue weighted by atomic mass is 10.1. The maximum Gasteiger partial charge on any atom is 0.337 e. The third-order valence-corrected chi connectivity index (χ3v) is 2.47. The Labute approximate surface area is 107 Å². The molecule has 7 heteroatoms. The first kappa shape index (κ1) is 16.7. The molecule has 106 valence electrons. The first-order valence-electron chi connectivity index (χ1n) is 5.71. The van der Waals surface area contributed by atoms with Crippen molar-refractivity contribution in [3.05, 3.63) is 0 Å². The number of aliphatic carboxylic acids is 1. The van der Waals surface area contributed by atoms with Gasteiger partial charge in [0.2, 0.25) is 0 Å². The van der Waals surface area contributed by atoms with Crippen molar-refractivity contribution in [2.75, 3.05) is 26.8 Å². The molecule has 18 heavy (non-hydrogen) atoms. The Balaban J connectivity index is 4.39. The highest BCUT2D eigenvalue weighted by Gasteiger charge is 2.31. The van der Waals surface area contributed by atoms with Gasteiger partial charge in [0.1, 0.15) is 0 Å². The summed E-state index contributed by atoms with van der Waals surface area (Å²) in [6, 6.07) is -0.474. The molecule has 0 aliphatic carbocycles.